The first-order chi connectivity index (χ1) is 6.77. The van der Waals surface area contributed by atoms with Gasteiger partial charge in [-0.05, 0) is 13.8 Å². The van der Waals surface area contributed by atoms with E-state index in [1.807, 2.05) is 12.2 Å². The van der Waals surface area contributed by atoms with Crippen LogP contribution in [0.3, 0.4) is 0 Å². The van der Waals surface area contributed by atoms with Crippen LogP contribution in [-0.4, -0.2) is 0 Å². The van der Waals surface area contributed by atoms with Crippen molar-refractivity contribution in [2.24, 2.45) is 0 Å². The number of hydrogen-bond donors (Lipinski definition) is 0. The van der Waals surface area contributed by atoms with Crippen LogP contribution >= 0.6 is 0 Å². The number of hydrogen-bond acceptors (Lipinski definition) is 0. The molecule has 1 aliphatic carbocycles. The van der Waals surface area contributed by atoms with Gasteiger partial charge in [0, 0.05) is 98.1 Å². The standard InChI is InChI=1S/C14H12.3Y/c1-11-6-5-7-12(2)14(11)10-13-8-3-4-9-13;;;/h3-7,10H,1-2H3;;;/q-2;;;. The summed E-state index contributed by atoms with van der Waals surface area (Å²) in [7, 11) is 0. The fourth-order valence-corrected chi connectivity index (χ4v) is 1.59. The maximum absolute atomic E-state index is 3.13. The van der Waals surface area contributed by atoms with Crippen LogP contribution in [0.2, 0.25) is 0 Å². The average Bonchev–Trinajstić information content (AvgIpc) is 2.64. The van der Waals surface area contributed by atoms with Crippen molar-refractivity contribution in [1.29, 1.82) is 0 Å². The maximum Gasteiger partial charge on any atom is 0 e. The molecule has 1 aliphatic rings. The summed E-state index contributed by atoms with van der Waals surface area (Å²) < 4.78 is 0. The summed E-state index contributed by atoms with van der Waals surface area (Å²) in [6.45, 7) is 4.25. The van der Waals surface area contributed by atoms with Crippen molar-refractivity contribution in [2.75, 3.05) is 0 Å². The quantitative estimate of drug-likeness (QED) is 0.580. The van der Waals surface area contributed by atoms with Gasteiger partial charge < -0.3 is 17.7 Å². The maximum atomic E-state index is 3.13. The van der Waals surface area contributed by atoms with Crippen molar-refractivity contribution in [3.63, 3.8) is 0 Å². The van der Waals surface area contributed by atoms with Crippen molar-refractivity contribution in [1.82, 2.24) is 0 Å². The van der Waals surface area contributed by atoms with Gasteiger partial charge in [-0.25, -0.2) is 6.08 Å². The third-order valence-electron chi connectivity index (χ3n) is 2.39. The number of benzene rings is 1. The summed E-state index contributed by atoms with van der Waals surface area (Å²) in [5.74, 6) is 0. The van der Waals surface area contributed by atoms with E-state index in [-0.39, 0.29) is 98.1 Å². The van der Waals surface area contributed by atoms with Gasteiger partial charge in [0.1, 0.15) is 0 Å². The molecule has 0 saturated carbocycles. The van der Waals surface area contributed by atoms with Crippen LogP contribution in [0.25, 0.3) is 6.08 Å². The zero-order valence-electron chi connectivity index (χ0n) is 10.2. The van der Waals surface area contributed by atoms with Gasteiger partial charge >= 0.3 is 0 Å². The molecule has 0 aliphatic heterocycles. The second-order valence-corrected chi connectivity index (χ2v) is 3.49. The molecule has 79 valence electrons. The molecule has 0 heterocycles. The molecule has 0 saturated heterocycles. The predicted octanol–water partition coefficient (Wildman–Crippen LogP) is 3.41. The van der Waals surface area contributed by atoms with Crippen LogP contribution in [0.5, 0.6) is 0 Å². The number of aryl methyl sites for hydroxylation is 2. The topological polar surface area (TPSA) is 0 Å². The molecule has 0 unspecified atom stereocenters. The van der Waals surface area contributed by atoms with Crippen LogP contribution in [0, 0.1) is 26.0 Å². The third kappa shape index (κ3) is 6.15. The summed E-state index contributed by atoms with van der Waals surface area (Å²) >= 11 is 0. The molecular formula is C14H12Y3-2. The van der Waals surface area contributed by atoms with Crippen molar-refractivity contribution in [3.05, 3.63) is 64.8 Å². The van der Waals surface area contributed by atoms with E-state index in [2.05, 4.69) is 50.3 Å². The molecule has 1 aromatic rings. The Bertz CT molecular complexity index is 409. The Balaban J connectivity index is 0. The van der Waals surface area contributed by atoms with Gasteiger partial charge in [-0.1, -0.05) is 29.3 Å². The summed E-state index contributed by atoms with van der Waals surface area (Å²) in [4.78, 5) is 0. The molecule has 17 heavy (non-hydrogen) atoms. The summed E-state index contributed by atoms with van der Waals surface area (Å²) in [5, 5.41) is 0. The van der Waals surface area contributed by atoms with Crippen molar-refractivity contribution < 1.29 is 98.1 Å². The molecule has 0 atom stereocenters. The van der Waals surface area contributed by atoms with Gasteiger partial charge in [0.25, 0.3) is 0 Å². The molecule has 0 fully saturated rings. The van der Waals surface area contributed by atoms with E-state index in [9.17, 15) is 0 Å². The minimum atomic E-state index is 0. The van der Waals surface area contributed by atoms with E-state index in [1.165, 1.54) is 16.7 Å². The average molecular weight is 447 g/mol. The first-order valence-electron chi connectivity index (χ1n) is 4.73. The molecule has 3 heteroatoms. The second-order valence-electron chi connectivity index (χ2n) is 3.49. The molecule has 0 amide bonds. The minimum absolute atomic E-state index is 0. The Morgan fingerprint density at radius 2 is 1.35 bits per heavy atom. The summed E-state index contributed by atoms with van der Waals surface area (Å²) in [6, 6.07) is 6.34. The van der Waals surface area contributed by atoms with Gasteiger partial charge in [-0.2, -0.15) is 0 Å². The Morgan fingerprint density at radius 1 is 0.882 bits per heavy atom. The molecule has 0 bridgehead atoms. The first kappa shape index (κ1) is 21.1. The number of allylic oxidation sites excluding steroid dienone is 5. The minimum Gasteiger partial charge on any atom is -0.364 e. The molecule has 0 N–H and O–H groups in total. The molecule has 3 radical (unpaired) electrons. The monoisotopic (exact) mass is 447 g/mol. The summed E-state index contributed by atoms with van der Waals surface area (Å²) in [6.07, 6.45) is 12.2. The van der Waals surface area contributed by atoms with E-state index in [0.717, 1.165) is 5.57 Å². The third-order valence-corrected chi connectivity index (χ3v) is 2.39. The van der Waals surface area contributed by atoms with Crippen molar-refractivity contribution >= 4 is 6.08 Å². The van der Waals surface area contributed by atoms with Gasteiger partial charge in [-0.3, -0.25) is 12.2 Å². The van der Waals surface area contributed by atoms with Crippen molar-refractivity contribution in [3.8, 4) is 0 Å². The van der Waals surface area contributed by atoms with Crippen molar-refractivity contribution in [2.45, 2.75) is 13.8 Å². The molecule has 1 aromatic carbocycles. The van der Waals surface area contributed by atoms with Crippen LogP contribution in [0.15, 0.2) is 35.9 Å². The van der Waals surface area contributed by atoms with Gasteiger partial charge in [0.15, 0.2) is 0 Å². The predicted molar refractivity (Wildman–Crippen MR) is 59.5 cm³/mol. The smallest absolute Gasteiger partial charge is 0 e. The fourth-order valence-electron chi connectivity index (χ4n) is 1.59. The first-order valence-corrected chi connectivity index (χ1v) is 4.73. The van der Waals surface area contributed by atoms with Gasteiger partial charge in [-0.15, -0.1) is 5.56 Å². The Labute approximate surface area is 179 Å². The zero-order chi connectivity index (χ0) is 9.97. The molecule has 2 rings (SSSR count). The molecular weight excluding hydrogens is 435 g/mol. The molecule has 0 nitrogen and oxygen atoms in total. The van der Waals surface area contributed by atoms with Crippen LogP contribution in [0.4, 0.5) is 0 Å². The largest absolute Gasteiger partial charge is 0.364 e. The summed E-state index contributed by atoms with van der Waals surface area (Å²) in [5.41, 5.74) is 4.91. The SMILES string of the molecule is Cc1cccc(C)c1C=C1[C-]=CC=[C-]1.[Y].[Y].[Y]. The Kier molecular flexibility index (Phi) is 13.0. The van der Waals surface area contributed by atoms with E-state index >= 15 is 0 Å². The second kappa shape index (κ2) is 10.5. The fraction of sp³-hybridized carbons (Fsp3) is 0.143. The van der Waals surface area contributed by atoms with Gasteiger partial charge in [0.2, 0.25) is 0 Å². The Hall–Kier alpha value is 1.75. The molecule has 0 aromatic heterocycles. The van der Waals surface area contributed by atoms with E-state index in [0.29, 0.717) is 0 Å². The number of rotatable bonds is 1. The zero-order valence-corrected chi connectivity index (χ0v) is 18.7. The molecule has 0 spiro atoms. The van der Waals surface area contributed by atoms with E-state index < -0.39 is 0 Å². The Morgan fingerprint density at radius 3 is 1.82 bits per heavy atom. The van der Waals surface area contributed by atoms with E-state index in [4.69, 9.17) is 0 Å². The van der Waals surface area contributed by atoms with E-state index in [1.54, 1.807) is 0 Å². The van der Waals surface area contributed by atoms with Crippen LogP contribution in [0.1, 0.15) is 16.7 Å². The van der Waals surface area contributed by atoms with Gasteiger partial charge in [0.05, 0.1) is 0 Å². The van der Waals surface area contributed by atoms with Crippen LogP contribution < -0.4 is 0 Å². The van der Waals surface area contributed by atoms with Crippen LogP contribution in [-0.2, 0) is 98.1 Å². The normalized spacial score (nSPS) is 11.3.